The number of fused-ring (bicyclic) bond motifs is 2. The molecule has 0 aliphatic carbocycles. The first kappa shape index (κ1) is 12.5. The van der Waals surface area contributed by atoms with Gasteiger partial charge < -0.3 is 9.64 Å². The van der Waals surface area contributed by atoms with Crippen molar-refractivity contribution in [1.29, 1.82) is 0 Å². The van der Waals surface area contributed by atoms with E-state index in [9.17, 15) is 4.79 Å². The van der Waals surface area contributed by atoms with Crippen LogP contribution in [0.5, 0.6) is 0 Å². The molecule has 21 heavy (non-hydrogen) atoms. The lowest BCUT2D eigenvalue weighted by molar-refractivity contribution is 0.0977. The van der Waals surface area contributed by atoms with Gasteiger partial charge in [0.2, 0.25) is 0 Å². The first-order chi connectivity index (χ1) is 10.3. The van der Waals surface area contributed by atoms with Crippen molar-refractivity contribution in [1.82, 2.24) is 10.2 Å². The van der Waals surface area contributed by atoms with Crippen LogP contribution < -0.4 is 4.90 Å². The normalized spacial score (nSPS) is 16.5. The maximum atomic E-state index is 12.7. The average molecular weight is 281 g/mol. The van der Waals surface area contributed by atoms with Crippen LogP contribution in [0, 0.1) is 0 Å². The van der Waals surface area contributed by atoms with Crippen molar-refractivity contribution in [3.63, 3.8) is 0 Å². The Morgan fingerprint density at radius 2 is 2.05 bits per heavy atom. The number of amides is 1. The second kappa shape index (κ2) is 4.93. The molecule has 5 heteroatoms. The molecule has 0 fully saturated rings. The summed E-state index contributed by atoms with van der Waals surface area (Å²) in [6, 6.07) is 9.83. The highest BCUT2D eigenvalue weighted by atomic mass is 16.5. The predicted octanol–water partition coefficient (Wildman–Crippen LogP) is 1.75. The summed E-state index contributed by atoms with van der Waals surface area (Å²) in [4.78, 5) is 14.5. The molecule has 4 rings (SSSR count). The molecule has 3 heterocycles. The molecule has 0 N–H and O–H groups in total. The van der Waals surface area contributed by atoms with Crippen LogP contribution in [0.1, 0.15) is 27.3 Å². The van der Waals surface area contributed by atoms with E-state index in [1.165, 1.54) is 5.56 Å². The van der Waals surface area contributed by atoms with E-state index in [1.54, 1.807) is 4.90 Å². The molecule has 0 radical (unpaired) electrons. The van der Waals surface area contributed by atoms with Crippen molar-refractivity contribution in [2.75, 3.05) is 18.1 Å². The zero-order chi connectivity index (χ0) is 14.2. The number of hydrogen-bond acceptors (Lipinski definition) is 4. The molecule has 0 unspecified atom stereocenters. The van der Waals surface area contributed by atoms with Gasteiger partial charge in [0.25, 0.3) is 5.91 Å². The summed E-state index contributed by atoms with van der Waals surface area (Å²) in [5.41, 5.74) is 4.51. The van der Waals surface area contributed by atoms with Crippen molar-refractivity contribution < 1.29 is 9.53 Å². The fraction of sp³-hybridized carbons (Fsp3) is 0.312. The molecule has 1 amide bonds. The standard InChI is InChI=1S/C16H15N3O2/c20-16(19-7-5-11-3-1-2-4-15(11)19)14-9-12-10-21-8-6-13(12)17-18-14/h1-4,9H,5-8,10H2. The lowest BCUT2D eigenvalue weighted by atomic mass is 10.1. The number of carbonyl (C=O) groups is 1. The Labute approximate surface area is 122 Å². The topological polar surface area (TPSA) is 55.3 Å². The highest BCUT2D eigenvalue weighted by molar-refractivity contribution is 6.06. The Morgan fingerprint density at radius 3 is 3.00 bits per heavy atom. The van der Waals surface area contributed by atoms with Crippen LogP contribution in [-0.4, -0.2) is 29.3 Å². The summed E-state index contributed by atoms with van der Waals surface area (Å²) in [6.07, 6.45) is 1.66. The average Bonchev–Trinajstić information content (AvgIpc) is 2.98. The quantitative estimate of drug-likeness (QED) is 0.799. The second-order valence-corrected chi connectivity index (χ2v) is 5.34. The van der Waals surface area contributed by atoms with E-state index in [4.69, 9.17) is 4.74 Å². The third-order valence-electron chi connectivity index (χ3n) is 4.05. The minimum Gasteiger partial charge on any atom is -0.376 e. The van der Waals surface area contributed by atoms with E-state index in [0.717, 1.165) is 29.8 Å². The third-order valence-corrected chi connectivity index (χ3v) is 4.05. The molecule has 0 spiro atoms. The SMILES string of the molecule is O=C(c1cc2c(nn1)CCOC2)N1CCc2ccccc21. The number of rotatable bonds is 1. The maximum absolute atomic E-state index is 12.7. The van der Waals surface area contributed by atoms with Crippen LogP contribution in [0.25, 0.3) is 0 Å². The first-order valence-corrected chi connectivity index (χ1v) is 7.16. The van der Waals surface area contributed by atoms with Crippen LogP contribution in [0.15, 0.2) is 30.3 Å². The number of anilines is 1. The largest absolute Gasteiger partial charge is 0.376 e. The van der Waals surface area contributed by atoms with Gasteiger partial charge in [-0.25, -0.2) is 0 Å². The van der Waals surface area contributed by atoms with E-state index in [2.05, 4.69) is 16.3 Å². The fourth-order valence-electron chi connectivity index (χ4n) is 2.93. The molecule has 1 aromatic carbocycles. The molecular formula is C16H15N3O2. The van der Waals surface area contributed by atoms with Gasteiger partial charge in [-0.2, -0.15) is 5.10 Å². The van der Waals surface area contributed by atoms with Crippen molar-refractivity contribution in [3.8, 4) is 0 Å². The number of aromatic nitrogens is 2. The van der Waals surface area contributed by atoms with Gasteiger partial charge >= 0.3 is 0 Å². The lowest BCUT2D eigenvalue weighted by Crippen LogP contribution is -2.30. The molecule has 0 bridgehead atoms. The molecule has 106 valence electrons. The number of carbonyl (C=O) groups excluding carboxylic acids is 1. The zero-order valence-electron chi connectivity index (χ0n) is 11.6. The maximum Gasteiger partial charge on any atom is 0.278 e. The minimum atomic E-state index is -0.0826. The van der Waals surface area contributed by atoms with E-state index in [1.807, 2.05) is 24.3 Å². The highest BCUT2D eigenvalue weighted by Crippen LogP contribution is 2.28. The Balaban J connectivity index is 1.67. The zero-order valence-corrected chi connectivity index (χ0v) is 11.6. The fourth-order valence-corrected chi connectivity index (χ4v) is 2.93. The summed E-state index contributed by atoms with van der Waals surface area (Å²) in [5.74, 6) is -0.0826. The van der Waals surface area contributed by atoms with Crippen LogP contribution in [-0.2, 0) is 24.2 Å². The summed E-state index contributed by atoms with van der Waals surface area (Å²) >= 11 is 0. The van der Waals surface area contributed by atoms with Gasteiger partial charge in [0, 0.05) is 24.2 Å². The molecule has 0 saturated carbocycles. The van der Waals surface area contributed by atoms with Crippen LogP contribution >= 0.6 is 0 Å². The number of benzene rings is 1. The summed E-state index contributed by atoms with van der Waals surface area (Å²) in [6.45, 7) is 1.89. The third kappa shape index (κ3) is 2.10. The second-order valence-electron chi connectivity index (χ2n) is 5.34. The summed E-state index contributed by atoms with van der Waals surface area (Å²) in [7, 11) is 0. The van der Waals surface area contributed by atoms with Gasteiger partial charge in [-0.1, -0.05) is 18.2 Å². The van der Waals surface area contributed by atoms with Crippen molar-refractivity contribution >= 4 is 11.6 Å². The molecule has 5 nitrogen and oxygen atoms in total. The van der Waals surface area contributed by atoms with Gasteiger partial charge in [-0.05, 0) is 24.1 Å². The molecule has 0 saturated heterocycles. The van der Waals surface area contributed by atoms with Crippen molar-refractivity contribution in [3.05, 3.63) is 52.8 Å². The minimum absolute atomic E-state index is 0.0826. The number of para-hydroxylation sites is 1. The number of nitrogens with zero attached hydrogens (tertiary/aromatic N) is 3. The molecule has 2 aliphatic rings. The van der Waals surface area contributed by atoms with Crippen molar-refractivity contribution in [2.45, 2.75) is 19.4 Å². The van der Waals surface area contributed by atoms with Crippen LogP contribution in [0.3, 0.4) is 0 Å². The van der Waals surface area contributed by atoms with Gasteiger partial charge in [0.15, 0.2) is 5.69 Å². The van der Waals surface area contributed by atoms with E-state index in [0.29, 0.717) is 25.5 Å². The molecule has 2 aliphatic heterocycles. The Morgan fingerprint density at radius 1 is 1.14 bits per heavy atom. The van der Waals surface area contributed by atoms with Gasteiger partial charge in [0.05, 0.1) is 18.9 Å². The highest BCUT2D eigenvalue weighted by Gasteiger charge is 2.27. The summed E-state index contributed by atoms with van der Waals surface area (Å²) in [5, 5.41) is 8.30. The first-order valence-electron chi connectivity index (χ1n) is 7.16. The van der Waals surface area contributed by atoms with Gasteiger partial charge in [-0.15, -0.1) is 5.10 Å². The van der Waals surface area contributed by atoms with Crippen LogP contribution in [0.2, 0.25) is 0 Å². The van der Waals surface area contributed by atoms with Crippen LogP contribution in [0.4, 0.5) is 5.69 Å². The molecular weight excluding hydrogens is 266 g/mol. The smallest absolute Gasteiger partial charge is 0.278 e. The lowest BCUT2D eigenvalue weighted by Gasteiger charge is -2.19. The van der Waals surface area contributed by atoms with Crippen molar-refractivity contribution in [2.24, 2.45) is 0 Å². The predicted molar refractivity (Wildman–Crippen MR) is 77.2 cm³/mol. The van der Waals surface area contributed by atoms with E-state index in [-0.39, 0.29) is 5.91 Å². The summed E-state index contributed by atoms with van der Waals surface area (Å²) < 4.78 is 5.42. The monoisotopic (exact) mass is 281 g/mol. The van der Waals surface area contributed by atoms with Gasteiger partial charge in [-0.3, -0.25) is 4.79 Å². The Kier molecular flexibility index (Phi) is 2.93. The van der Waals surface area contributed by atoms with Gasteiger partial charge in [0.1, 0.15) is 0 Å². The molecule has 2 aromatic rings. The van der Waals surface area contributed by atoms with E-state index >= 15 is 0 Å². The Bertz CT molecular complexity index is 714. The number of hydrogen-bond donors (Lipinski definition) is 0. The molecule has 0 atom stereocenters. The molecule has 1 aromatic heterocycles. The Hall–Kier alpha value is -2.27. The van der Waals surface area contributed by atoms with E-state index < -0.39 is 0 Å². The number of ether oxygens (including phenoxy) is 1.